The first-order valence-electron chi connectivity index (χ1n) is 6.49. The van der Waals surface area contributed by atoms with Crippen LogP contribution in [0.25, 0.3) is 0 Å². The van der Waals surface area contributed by atoms with Crippen LogP contribution >= 0.6 is 0 Å². The highest BCUT2D eigenvalue weighted by atomic mass is 16.5. The number of hydrogen-bond acceptors (Lipinski definition) is 3. The van der Waals surface area contributed by atoms with Gasteiger partial charge in [-0.05, 0) is 32.9 Å². The van der Waals surface area contributed by atoms with Gasteiger partial charge in [-0.15, -0.1) is 0 Å². The molecule has 0 saturated heterocycles. The minimum atomic E-state index is -0.179. The lowest BCUT2D eigenvalue weighted by atomic mass is 10.1. The number of aryl methyl sites for hydroxylation is 1. The lowest BCUT2D eigenvalue weighted by molar-refractivity contribution is 0.0937. The molecule has 0 aliphatic heterocycles. The SMILES string of the molecule is COc1cccc(C(=O)NC(C)c2ncc(C)[nH]2)c1C. The van der Waals surface area contributed by atoms with Gasteiger partial charge in [0.25, 0.3) is 5.91 Å². The van der Waals surface area contributed by atoms with E-state index in [4.69, 9.17) is 4.74 Å². The molecule has 20 heavy (non-hydrogen) atoms. The summed E-state index contributed by atoms with van der Waals surface area (Å²) in [6, 6.07) is 5.25. The number of amides is 1. The highest BCUT2D eigenvalue weighted by molar-refractivity contribution is 5.96. The zero-order valence-electron chi connectivity index (χ0n) is 12.2. The number of aromatic amines is 1. The Morgan fingerprint density at radius 1 is 1.40 bits per heavy atom. The van der Waals surface area contributed by atoms with Crippen molar-refractivity contribution in [2.45, 2.75) is 26.8 Å². The number of nitrogens with zero attached hydrogens (tertiary/aromatic N) is 1. The molecule has 1 aromatic carbocycles. The van der Waals surface area contributed by atoms with Crippen LogP contribution in [0.5, 0.6) is 5.75 Å². The Morgan fingerprint density at radius 2 is 2.15 bits per heavy atom. The Bertz CT molecular complexity index is 619. The third kappa shape index (κ3) is 2.82. The lowest BCUT2D eigenvalue weighted by Gasteiger charge is -2.14. The van der Waals surface area contributed by atoms with Gasteiger partial charge in [0.1, 0.15) is 11.6 Å². The van der Waals surface area contributed by atoms with Crippen LogP contribution in [0.2, 0.25) is 0 Å². The summed E-state index contributed by atoms with van der Waals surface area (Å²) in [6.45, 7) is 5.69. The molecular weight excluding hydrogens is 254 g/mol. The summed E-state index contributed by atoms with van der Waals surface area (Å²) >= 11 is 0. The monoisotopic (exact) mass is 273 g/mol. The maximum atomic E-state index is 12.3. The molecule has 1 aromatic heterocycles. The van der Waals surface area contributed by atoms with E-state index in [1.54, 1.807) is 19.4 Å². The number of ether oxygens (including phenoxy) is 1. The van der Waals surface area contributed by atoms with Crippen LogP contribution in [0.3, 0.4) is 0 Å². The minimum absolute atomic E-state index is 0.136. The van der Waals surface area contributed by atoms with Crippen LogP contribution in [-0.2, 0) is 0 Å². The number of imidazole rings is 1. The van der Waals surface area contributed by atoms with Crippen LogP contribution in [0.1, 0.15) is 40.4 Å². The van der Waals surface area contributed by atoms with Gasteiger partial charge in [0.2, 0.25) is 0 Å². The number of carbonyl (C=O) groups excluding carboxylic acids is 1. The molecule has 0 aliphatic rings. The average Bonchev–Trinajstić information content (AvgIpc) is 2.85. The summed E-state index contributed by atoms with van der Waals surface area (Å²) in [5.74, 6) is 1.32. The highest BCUT2D eigenvalue weighted by Gasteiger charge is 2.16. The first-order valence-corrected chi connectivity index (χ1v) is 6.49. The number of H-pyrrole nitrogens is 1. The average molecular weight is 273 g/mol. The topological polar surface area (TPSA) is 67.0 Å². The maximum Gasteiger partial charge on any atom is 0.252 e. The van der Waals surface area contributed by atoms with E-state index in [1.807, 2.05) is 32.9 Å². The van der Waals surface area contributed by atoms with Gasteiger partial charge >= 0.3 is 0 Å². The molecule has 0 spiro atoms. The Kier molecular flexibility index (Phi) is 4.08. The smallest absolute Gasteiger partial charge is 0.252 e. The number of nitrogens with one attached hydrogen (secondary N) is 2. The summed E-state index contributed by atoms with van der Waals surface area (Å²) < 4.78 is 5.23. The Hall–Kier alpha value is -2.30. The van der Waals surface area contributed by atoms with E-state index in [0.29, 0.717) is 11.3 Å². The fraction of sp³-hybridized carbons (Fsp3) is 0.333. The molecule has 106 valence electrons. The van der Waals surface area contributed by atoms with Crippen molar-refractivity contribution in [3.63, 3.8) is 0 Å². The molecular formula is C15H19N3O2. The summed E-state index contributed by atoms with van der Waals surface area (Å²) in [5.41, 5.74) is 2.41. The third-order valence-corrected chi connectivity index (χ3v) is 3.23. The van der Waals surface area contributed by atoms with E-state index < -0.39 is 0 Å². The van der Waals surface area contributed by atoms with Gasteiger partial charge in [-0.1, -0.05) is 6.07 Å². The molecule has 5 heteroatoms. The lowest BCUT2D eigenvalue weighted by Crippen LogP contribution is -2.28. The van der Waals surface area contributed by atoms with E-state index in [0.717, 1.165) is 17.1 Å². The van der Waals surface area contributed by atoms with Crippen LogP contribution in [0, 0.1) is 13.8 Å². The molecule has 0 saturated carbocycles. The van der Waals surface area contributed by atoms with Crippen molar-refractivity contribution >= 4 is 5.91 Å². The number of methoxy groups -OCH3 is 1. The number of benzene rings is 1. The first-order chi connectivity index (χ1) is 9.52. The number of carbonyl (C=O) groups is 1. The molecule has 2 aromatic rings. The highest BCUT2D eigenvalue weighted by Crippen LogP contribution is 2.21. The molecule has 1 heterocycles. The normalized spacial score (nSPS) is 12.0. The molecule has 2 N–H and O–H groups in total. The molecule has 0 bridgehead atoms. The van der Waals surface area contributed by atoms with Crippen molar-refractivity contribution in [3.05, 3.63) is 47.0 Å². The zero-order chi connectivity index (χ0) is 14.7. The fourth-order valence-electron chi connectivity index (χ4n) is 2.08. The number of hydrogen-bond donors (Lipinski definition) is 2. The van der Waals surface area contributed by atoms with Gasteiger partial charge in [-0.2, -0.15) is 0 Å². The van der Waals surface area contributed by atoms with Crippen LogP contribution in [0.15, 0.2) is 24.4 Å². The van der Waals surface area contributed by atoms with E-state index in [2.05, 4.69) is 15.3 Å². The molecule has 1 atom stereocenters. The van der Waals surface area contributed by atoms with Crippen molar-refractivity contribution in [1.29, 1.82) is 0 Å². The van der Waals surface area contributed by atoms with Crippen molar-refractivity contribution in [2.24, 2.45) is 0 Å². The summed E-state index contributed by atoms with van der Waals surface area (Å²) in [5, 5.41) is 2.93. The van der Waals surface area contributed by atoms with E-state index in [9.17, 15) is 4.79 Å². The second-order valence-corrected chi connectivity index (χ2v) is 4.78. The maximum absolute atomic E-state index is 12.3. The molecule has 2 rings (SSSR count). The number of aromatic nitrogens is 2. The molecule has 0 fully saturated rings. The van der Waals surface area contributed by atoms with Crippen molar-refractivity contribution in [3.8, 4) is 5.75 Å². The van der Waals surface area contributed by atoms with E-state index in [-0.39, 0.29) is 11.9 Å². The second kappa shape index (κ2) is 5.77. The molecule has 5 nitrogen and oxygen atoms in total. The molecule has 0 radical (unpaired) electrons. The molecule has 1 unspecified atom stereocenters. The minimum Gasteiger partial charge on any atom is -0.496 e. The van der Waals surface area contributed by atoms with E-state index in [1.165, 1.54) is 0 Å². The predicted molar refractivity (Wildman–Crippen MR) is 76.9 cm³/mol. The summed E-state index contributed by atoms with van der Waals surface area (Å²) in [4.78, 5) is 19.7. The van der Waals surface area contributed by atoms with Crippen LogP contribution < -0.4 is 10.1 Å². The third-order valence-electron chi connectivity index (χ3n) is 3.23. The van der Waals surface area contributed by atoms with Crippen LogP contribution in [-0.4, -0.2) is 23.0 Å². The Balaban J connectivity index is 2.16. The summed E-state index contributed by atoms with van der Waals surface area (Å²) in [6.07, 6.45) is 1.74. The van der Waals surface area contributed by atoms with Gasteiger partial charge in [-0.25, -0.2) is 4.98 Å². The summed E-state index contributed by atoms with van der Waals surface area (Å²) in [7, 11) is 1.60. The van der Waals surface area contributed by atoms with Gasteiger partial charge in [0.05, 0.1) is 13.2 Å². The quantitative estimate of drug-likeness (QED) is 0.899. The molecule has 1 amide bonds. The van der Waals surface area contributed by atoms with Crippen molar-refractivity contribution < 1.29 is 9.53 Å². The largest absolute Gasteiger partial charge is 0.496 e. The number of rotatable bonds is 4. The van der Waals surface area contributed by atoms with Crippen molar-refractivity contribution in [2.75, 3.05) is 7.11 Å². The Labute approximate surface area is 118 Å². The van der Waals surface area contributed by atoms with Crippen molar-refractivity contribution in [1.82, 2.24) is 15.3 Å². The van der Waals surface area contributed by atoms with Gasteiger partial charge in [-0.3, -0.25) is 4.79 Å². The van der Waals surface area contributed by atoms with Gasteiger partial charge in [0, 0.05) is 23.0 Å². The molecule has 0 aliphatic carbocycles. The standard InChI is InChI=1S/C15H19N3O2/c1-9-8-16-14(17-9)11(3)18-15(19)12-6-5-7-13(20-4)10(12)2/h5-8,11H,1-4H3,(H,16,17)(H,18,19). The predicted octanol–water partition coefficient (Wildman–Crippen LogP) is 2.53. The van der Waals surface area contributed by atoms with Gasteiger partial charge < -0.3 is 15.0 Å². The zero-order valence-corrected chi connectivity index (χ0v) is 12.2. The Morgan fingerprint density at radius 3 is 2.75 bits per heavy atom. The van der Waals surface area contributed by atoms with E-state index >= 15 is 0 Å². The van der Waals surface area contributed by atoms with Gasteiger partial charge in [0.15, 0.2) is 0 Å². The second-order valence-electron chi connectivity index (χ2n) is 4.78. The first kappa shape index (κ1) is 14.1. The van der Waals surface area contributed by atoms with Crippen LogP contribution in [0.4, 0.5) is 0 Å². The fourth-order valence-corrected chi connectivity index (χ4v) is 2.08.